The van der Waals surface area contributed by atoms with Gasteiger partial charge >= 0.3 is 0 Å². The Morgan fingerprint density at radius 1 is 1.47 bits per heavy atom. The molecule has 0 aliphatic heterocycles. The molecule has 6 nitrogen and oxygen atoms in total. The van der Waals surface area contributed by atoms with E-state index >= 15 is 0 Å². The number of ether oxygens (including phenoxy) is 1. The zero-order valence-electron chi connectivity index (χ0n) is 10.7. The lowest BCUT2D eigenvalue weighted by molar-refractivity contribution is -0.116. The number of hydroxylamine groups is 1. The van der Waals surface area contributed by atoms with Gasteiger partial charge in [-0.1, -0.05) is 29.8 Å². The van der Waals surface area contributed by atoms with Gasteiger partial charge < -0.3 is 10.5 Å². The number of hydrogen-bond donors (Lipinski definition) is 2. The zero-order valence-corrected chi connectivity index (χ0v) is 11.4. The van der Waals surface area contributed by atoms with Gasteiger partial charge in [0.1, 0.15) is 6.61 Å². The van der Waals surface area contributed by atoms with E-state index < -0.39 is 0 Å². The maximum absolute atomic E-state index is 7.34. The molecule has 0 spiro atoms. The molecular formula is C12H17ClN4O2. The molecule has 0 fully saturated rings. The van der Waals surface area contributed by atoms with Crippen LogP contribution >= 0.6 is 11.6 Å². The molecule has 0 saturated heterocycles. The first-order valence-corrected chi connectivity index (χ1v) is 6.16. The fraction of sp³-hybridized carbons (Fsp3) is 0.333. The first-order valence-electron chi connectivity index (χ1n) is 5.78. The van der Waals surface area contributed by atoms with Crippen molar-refractivity contribution in [3.8, 4) is 0 Å². The van der Waals surface area contributed by atoms with Crippen LogP contribution in [0, 0.1) is 5.41 Å². The summed E-state index contributed by atoms with van der Waals surface area (Å²) in [5, 5.41) is 12.8. The van der Waals surface area contributed by atoms with E-state index in [9.17, 15) is 0 Å². The van der Waals surface area contributed by atoms with Crippen LogP contribution < -0.4 is 5.73 Å². The minimum absolute atomic E-state index is 0.257. The second kappa shape index (κ2) is 8.47. The summed E-state index contributed by atoms with van der Waals surface area (Å²) in [5.41, 5.74) is 6.06. The van der Waals surface area contributed by atoms with E-state index in [0.29, 0.717) is 23.8 Å². The lowest BCUT2D eigenvalue weighted by atomic mass is 10.2. The highest BCUT2D eigenvalue weighted by Gasteiger charge is 2.05. The fourth-order valence-corrected chi connectivity index (χ4v) is 1.37. The fourth-order valence-electron chi connectivity index (χ4n) is 1.19. The van der Waals surface area contributed by atoms with Gasteiger partial charge in [-0.05, 0) is 13.0 Å². The number of nitrogens with zero attached hydrogens (tertiary/aromatic N) is 2. The minimum atomic E-state index is -0.320. The number of guanidine groups is 1. The molecule has 1 aromatic rings. The third-order valence-electron chi connectivity index (χ3n) is 2.06. The van der Waals surface area contributed by atoms with Gasteiger partial charge in [0, 0.05) is 17.2 Å². The zero-order chi connectivity index (χ0) is 14.1. The topological polar surface area (TPSA) is 83.9 Å². The Kier molecular flexibility index (Phi) is 6.88. The van der Waals surface area contributed by atoms with E-state index in [1.165, 1.54) is 6.21 Å². The molecule has 19 heavy (non-hydrogen) atoms. The Labute approximate surface area is 117 Å². The van der Waals surface area contributed by atoms with Crippen LogP contribution in [0.15, 0.2) is 29.4 Å². The smallest absolute Gasteiger partial charge is 0.236 e. The van der Waals surface area contributed by atoms with E-state index in [1.54, 1.807) is 12.1 Å². The second-order valence-corrected chi connectivity index (χ2v) is 3.86. The van der Waals surface area contributed by atoms with Crippen molar-refractivity contribution in [2.75, 3.05) is 19.8 Å². The van der Waals surface area contributed by atoms with Gasteiger partial charge in [0.2, 0.25) is 5.96 Å². The lowest BCUT2D eigenvalue weighted by Crippen LogP contribution is -2.33. The summed E-state index contributed by atoms with van der Waals surface area (Å²) in [6.45, 7) is 3.15. The highest BCUT2D eigenvalue weighted by atomic mass is 35.5. The summed E-state index contributed by atoms with van der Waals surface area (Å²) in [5.74, 6) is -0.320. The van der Waals surface area contributed by atoms with E-state index in [-0.39, 0.29) is 12.6 Å². The molecule has 0 radical (unpaired) electrons. The van der Waals surface area contributed by atoms with Crippen molar-refractivity contribution in [3.05, 3.63) is 34.9 Å². The molecule has 0 unspecified atom stereocenters. The van der Waals surface area contributed by atoms with Crippen LogP contribution in [0.5, 0.6) is 0 Å². The predicted octanol–water partition coefficient (Wildman–Crippen LogP) is 1.84. The number of benzene rings is 1. The summed E-state index contributed by atoms with van der Waals surface area (Å²) >= 11 is 5.98. The average Bonchev–Trinajstić information content (AvgIpc) is 2.39. The van der Waals surface area contributed by atoms with Gasteiger partial charge in [-0.25, -0.2) is 4.84 Å². The van der Waals surface area contributed by atoms with Crippen molar-refractivity contribution in [1.29, 1.82) is 5.41 Å². The standard InChI is InChI=1S/C12H17ClN4O2/c1-2-18-7-8-19-17(12(14)15)16-9-10-5-3-4-6-11(10)13/h3-6,9H,2,7-8H2,1H3,(H3,14,15)/b16-9+. The molecule has 0 aromatic heterocycles. The van der Waals surface area contributed by atoms with Crippen molar-refractivity contribution < 1.29 is 9.57 Å². The molecule has 0 atom stereocenters. The van der Waals surface area contributed by atoms with Crippen molar-refractivity contribution in [2.45, 2.75) is 6.92 Å². The number of nitrogens with two attached hydrogens (primary N) is 1. The Bertz CT molecular complexity index is 439. The van der Waals surface area contributed by atoms with Gasteiger partial charge in [0.25, 0.3) is 0 Å². The molecule has 0 aliphatic carbocycles. The quantitative estimate of drug-likeness (QED) is 0.346. The lowest BCUT2D eigenvalue weighted by Gasteiger charge is -2.15. The van der Waals surface area contributed by atoms with Gasteiger partial charge in [-0.3, -0.25) is 5.41 Å². The van der Waals surface area contributed by atoms with Crippen LogP contribution in [0.4, 0.5) is 0 Å². The third kappa shape index (κ3) is 5.69. The molecule has 0 aliphatic rings. The predicted molar refractivity (Wildman–Crippen MR) is 75.2 cm³/mol. The van der Waals surface area contributed by atoms with Crippen LogP contribution in [0.2, 0.25) is 5.02 Å². The highest BCUT2D eigenvalue weighted by molar-refractivity contribution is 6.33. The number of hydrazone groups is 1. The molecule has 0 heterocycles. The van der Waals surface area contributed by atoms with E-state index in [0.717, 1.165) is 5.17 Å². The van der Waals surface area contributed by atoms with Crippen molar-refractivity contribution in [2.24, 2.45) is 10.8 Å². The van der Waals surface area contributed by atoms with Gasteiger partial charge in [-0.2, -0.15) is 5.10 Å². The van der Waals surface area contributed by atoms with E-state index in [1.807, 2.05) is 19.1 Å². The highest BCUT2D eigenvalue weighted by Crippen LogP contribution is 2.12. The number of nitrogens with one attached hydrogen (secondary N) is 1. The largest absolute Gasteiger partial charge is 0.379 e. The van der Waals surface area contributed by atoms with Crippen molar-refractivity contribution in [3.63, 3.8) is 0 Å². The average molecular weight is 285 g/mol. The van der Waals surface area contributed by atoms with Crippen LogP contribution in [0.1, 0.15) is 12.5 Å². The molecule has 1 aromatic carbocycles. The summed E-state index contributed by atoms with van der Waals surface area (Å²) in [6.07, 6.45) is 1.48. The molecule has 104 valence electrons. The molecule has 1 rings (SSSR count). The SMILES string of the molecule is CCOCCON(/N=C/c1ccccc1Cl)C(=N)N. The van der Waals surface area contributed by atoms with Gasteiger partial charge in [-0.15, -0.1) is 5.17 Å². The summed E-state index contributed by atoms with van der Waals surface area (Å²) in [6, 6.07) is 7.20. The maximum atomic E-state index is 7.34. The van der Waals surface area contributed by atoms with Crippen LogP contribution in [0.3, 0.4) is 0 Å². The van der Waals surface area contributed by atoms with Crippen molar-refractivity contribution >= 4 is 23.8 Å². The molecule has 0 saturated carbocycles. The summed E-state index contributed by atoms with van der Waals surface area (Å²) in [7, 11) is 0. The minimum Gasteiger partial charge on any atom is -0.379 e. The van der Waals surface area contributed by atoms with E-state index in [2.05, 4.69) is 5.10 Å². The molecule has 0 amide bonds. The Morgan fingerprint density at radius 3 is 2.84 bits per heavy atom. The van der Waals surface area contributed by atoms with E-state index in [4.69, 9.17) is 32.3 Å². The second-order valence-electron chi connectivity index (χ2n) is 3.45. The first kappa shape index (κ1) is 15.4. The number of rotatable bonds is 7. The number of halogens is 1. The third-order valence-corrected chi connectivity index (χ3v) is 2.40. The van der Waals surface area contributed by atoms with Crippen LogP contribution in [-0.4, -0.2) is 37.2 Å². The normalized spacial score (nSPS) is 10.8. The number of hydrogen-bond acceptors (Lipinski definition) is 4. The summed E-state index contributed by atoms with van der Waals surface area (Å²) in [4.78, 5) is 5.19. The first-order chi connectivity index (χ1) is 9.15. The molecule has 7 heteroatoms. The van der Waals surface area contributed by atoms with Gasteiger partial charge in [0.15, 0.2) is 0 Å². The molecule has 3 N–H and O–H groups in total. The Hall–Kier alpha value is -1.63. The van der Waals surface area contributed by atoms with Crippen LogP contribution in [-0.2, 0) is 9.57 Å². The maximum Gasteiger partial charge on any atom is 0.236 e. The monoisotopic (exact) mass is 284 g/mol. The Morgan fingerprint density at radius 2 is 2.21 bits per heavy atom. The van der Waals surface area contributed by atoms with Crippen molar-refractivity contribution in [1.82, 2.24) is 5.17 Å². The Balaban J connectivity index is 2.58. The summed E-state index contributed by atoms with van der Waals surface area (Å²) < 4.78 is 5.11. The molecule has 0 bridgehead atoms. The molecular weight excluding hydrogens is 268 g/mol. The van der Waals surface area contributed by atoms with Gasteiger partial charge in [0.05, 0.1) is 12.8 Å². The van der Waals surface area contributed by atoms with Crippen LogP contribution in [0.25, 0.3) is 0 Å².